The lowest BCUT2D eigenvalue weighted by Gasteiger charge is -2.12. The summed E-state index contributed by atoms with van der Waals surface area (Å²) in [6, 6.07) is 16.1. The van der Waals surface area contributed by atoms with E-state index in [2.05, 4.69) is 0 Å². The zero-order valence-corrected chi connectivity index (χ0v) is 16.7. The second kappa shape index (κ2) is 8.45. The number of benzene rings is 3. The first kappa shape index (κ1) is 20.5. The normalized spacial score (nSPS) is 11.1. The molecule has 0 bridgehead atoms. The molecule has 0 spiro atoms. The van der Waals surface area contributed by atoms with Crippen molar-refractivity contribution >= 4 is 15.8 Å². The van der Waals surface area contributed by atoms with Gasteiger partial charge in [-0.3, -0.25) is 4.79 Å². The fourth-order valence-electron chi connectivity index (χ4n) is 2.71. The van der Waals surface area contributed by atoms with Gasteiger partial charge in [-0.25, -0.2) is 12.8 Å². The Balaban J connectivity index is 1.91. The molecule has 0 atom stereocenters. The van der Waals surface area contributed by atoms with Crippen molar-refractivity contribution in [2.75, 3.05) is 0 Å². The molecule has 0 aliphatic carbocycles. The molecule has 3 rings (SSSR count). The fourth-order valence-corrected chi connectivity index (χ4v) is 4.01. The average Bonchev–Trinajstić information content (AvgIpc) is 2.69. The van der Waals surface area contributed by atoms with Crippen LogP contribution in [0.3, 0.4) is 0 Å². The number of carbonyl (C=O) groups excluding carboxylic acids is 1. The summed E-state index contributed by atoms with van der Waals surface area (Å²) in [5.41, 5.74) is 0.836. The van der Waals surface area contributed by atoms with Crippen LogP contribution in [0, 0.1) is 5.82 Å². The topological polar surface area (TPSA) is 69.7 Å². The molecular weight excluding hydrogens is 395 g/mol. The van der Waals surface area contributed by atoms with Gasteiger partial charge in [-0.1, -0.05) is 25.1 Å². The third-order valence-electron chi connectivity index (χ3n) is 4.10. The number of aryl methyl sites for hydroxylation is 1. The molecule has 0 aliphatic heterocycles. The average molecular weight is 414 g/mol. The van der Waals surface area contributed by atoms with E-state index < -0.39 is 21.6 Å². The van der Waals surface area contributed by atoms with E-state index in [4.69, 9.17) is 9.47 Å². The van der Waals surface area contributed by atoms with E-state index in [1.54, 1.807) is 30.3 Å². The van der Waals surface area contributed by atoms with Crippen LogP contribution in [0.25, 0.3) is 0 Å². The summed E-state index contributed by atoms with van der Waals surface area (Å²) in [6.07, 6.45) is 0.655. The Bertz CT molecular complexity index is 1140. The molecule has 3 aromatic carbocycles. The van der Waals surface area contributed by atoms with Gasteiger partial charge in [0.05, 0.1) is 9.79 Å². The van der Waals surface area contributed by atoms with Crippen molar-refractivity contribution in [2.24, 2.45) is 0 Å². The van der Waals surface area contributed by atoms with E-state index in [1.807, 2.05) is 6.92 Å². The Morgan fingerprint density at radius 2 is 1.62 bits per heavy atom. The smallest absolute Gasteiger partial charge is 0.308 e. The summed E-state index contributed by atoms with van der Waals surface area (Å²) < 4.78 is 50.5. The van der Waals surface area contributed by atoms with Gasteiger partial charge in [-0.05, 0) is 54.4 Å². The first-order valence-corrected chi connectivity index (χ1v) is 10.4. The van der Waals surface area contributed by atoms with Crippen molar-refractivity contribution < 1.29 is 27.1 Å². The summed E-state index contributed by atoms with van der Waals surface area (Å²) in [4.78, 5) is 11.1. The second-order valence-corrected chi connectivity index (χ2v) is 8.22. The lowest BCUT2D eigenvalue weighted by Crippen LogP contribution is -2.03. The maximum Gasteiger partial charge on any atom is 0.308 e. The third-order valence-corrected chi connectivity index (χ3v) is 5.87. The zero-order valence-electron chi connectivity index (χ0n) is 15.9. The molecule has 0 saturated carbocycles. The summed E-state index contributed by atoms with van der Waals surface area (Å²) in [5.74, 6) is -0.878. The van der Waals surface area contributed by atoms with Crippen molar-refractivity contribution in [1.29, 1.82) is 0 Å². The highest BCUT2D eigenvalue weighted by atomic mass is 32.2. The predicted octanol–water partition coefficient (Wildman–Crippen LogP) is 4.94. The maximum absolute atomic E-state index is 14.6. The summed E-state index contributed by atoms with van der Waals surface area (Å²) in [6.45, 7) is 3.20. The minimum Gasteiger partial charge on any atom is -0.454 e. The van der Waals surface area contributed by atoms with Gasteiger partial charge in [0.2, 0.25) is 9.84 Å². The molecule has 0 heterocycles. The number of sulfone groups is 1. The van der Waals surface area contributed by atoms with E-state index in [-0.39, 0.29) is 27.0 Å². The number of ether oxygens (including phenoxy) is 2. The fraction of sp³-hybridized carbons (Fsp3) is 0.136. The number of hydrogen-bond acceptors (Lipinski definition) is 5. The number of rotatable bonds is 6. The highest BCUT2D eigenvalue weighted by Gasteiger charge is 2.19. The highest BCUT2D eigenvalue weighted by Crippen LogP contribution is 2.31. The molecule has 0 amide bonds. The van der Waals surface area contributed by atoms with Gasteiger partial charge in [0.25, 0.3) is 0 Å². The predicted molar refractivity (Wildman–Crippen MR) is 105 cm³/mol. The van der Waals surface area contributed by atoms with Gasteiger partial charge >= 0.3 is 5.97 Å². The van der Waals surface area contributed by atoms with Crippen molar-refractivity contribution in [3.63, 3.8) is 0 Å². The molecule has 0 unspecified atom stereocenters. The quantitative estimate of drug-likeness (QED) is 0.422. The summed E-state index contributed by atoms with van der Waals surface area (Å²) in [7, 11) is -3.84. The molecule has 0 aliphatic rings. The number of carbonyl (C=O) groups is 1. The molecule has 0 saturated heterocycles. The number of esters is 1. The third kappa shape index (κ3) is 4.81. The monoisotopic (exact) mass is 414 g/mol. The van der Waals surface area contributed by atoms with E-state index >= 15 is 0 Å². The molecule has 5 nitrogen and oxygen atoms in total. The van der Waals surface area contributed by atoms with Crippen molar-refractivity contribution in [3.8, 4) is 17.2 Å². The van der Waals surface area contributed by atoms with E-state index in [0.29, 0.717) is 6.42 Å². The Morgan fingerprint density at radius 1 is 0.931 bits per heavy atom. The molecule has 0 aromatic heterocycles. The van der Waals surface area contributed by atoms with Gasteiger partial charge < -0.3 is 9.47 Å². The molecule has 0 fully saturated rings. The van der Waals surface area contributed by atoms with E-state index in [9.17, 15) is 17.6 Å². The first-order chi connectivity index (χ1) is 13.8. The van der Waals surface area contributed by atoms with Crippen LogP contribution in [-0.4, -0.2) is 14.4 Å². The molecule has 0 N–H and O–H groups in total. The first-order valence-electron chi connectivity index (χ1n) is 8.89. The Morgan fingerprint density at radius 3 is 2.24 bits per heavy atom. The van der Waals surface area contributed by atoms with Crippen LogP contribution in [0.5, 0.6) is 17.2 Å². The van der Waals surface area contributed by atoms with Gasteiger partial charge in [-0.2, -0.15) is 0 Å². The molecule has 7 heteroatoms. The minimum absolute atomic E-state index is 0.0785. The standard InChI is InChI=1S/C22H19FO5S/c1-3-16-11-17(27-15(2)24)13-18(12-16)28-22-10-9-20(14-21(22)23)29(25,26)19-7-5-4-6-8-19/h4-14H,3H2,1-2H3. The lowest BCUT2D eigenvalue weighted by molar-refractivity contribution is -0.131. The minimum atomic E-state index is -3.84. The van der Waals surface area contributed by atoms with Gasteiger partial charge in [-0.15, -0.1) is 0 Å². The van der Waals surface area contributed by atoms with Crippen LogP contribution < -0.4 is 9.47 Å². The molecule has 3 aromatic rings. The van der Waals surface area contributed by atoms with Gasteiger partial charge in [0, 0.05) is 13.0 Å². The summed E-state index contributed by atoms with van der Waals surface area (Å²) in [5, 5.41) is 0. The van der Waals surface area contributed by atoms with Crippen LogP contribution in [0.4, 0.5) is 4.39 Å². The Hall–Kier alpha value is -3.19. The Kier molecular flexibility index (Phi) is 5.98. The number of hydrogen-bond donors (Lipinski definition) is 0. The van der Waals surface area contributed by atoms with Crippen LogP contribution >= 0.6 is 0 Å². The van der Waals surface area contributed by atoms with Gasteiger partial charge in [0.1, 0.15) is 11.5 Å². The van der Waals surface area contributed by atoms with Crippen molar-refractivity contribution in [1.82, 2.24) is 0 Å². The molecular formula is C22H19FO5S. The van der Waals surface area contributed by atoms with Crippen molar-refractivity contribution in [2.45, 2.75) is 30.1 Å². The van der Waals surface area contributed by atoms with E-state index in [1.165, 1.54) is 37.3 Å². The SMILES string of the molecule is CCc1cc(OC(C)=O)cc(Oc2ccc(S(=O)(=O)c3ccccc3)cc2F)c1. The van der Waals surface area contributed by atoms with Crippen molar-refractivity contribution in [3.05, 3.63) is 78.1 Å². The molecule has 150 valence electrons. The van der Waals surface area contributed by atoms with Gasteiger partial charge in [0.15, 0.2) is 11.6 Å². The molecule has 29 heavy (non-hydrogen) atoms. The summed E-state index contributed by atoms with van der Waals surface area (Å²) >= 11 is 0. The lowest BCUT2D eigenvalue weighted by atomic mass is 10.1. The maximum atomic E-state index is 14.6. The van der Waals surface area contributed by atoms with Crippen LogP contribution in [0.2, 0.25) is 0 Å². The van der Waals surface area contributed by atoms with E-state index in [0.717, 1.165) is 11.6 Å². The number of halogens is 1. The highest BCUT2D eigenvalue weighted by molar-refractivity contribution is 7.91. The Labute approximate surface area is 168 Å². The largest absolute Gasteiger partial charge is 0.454 e. The van der Waals surface area contributed by atoms with Crippen LogP contribution in [-0.2, 0) is 21.1 Å². The second-order valence-electron chi connectivity index (χ2n) is 6.27. The van der Waals surface area contributed by atoms with Crippen LogP contribution in [0.1, 0.15) is 19.4 Å². The van der Waals surface area contributed by atoms with Crippen LogP contribution in [0.15, 0.2) is 76.5 Å². The molecule has 0 radical (unpaired) electrons. The zero-order chi connectivity index (χ0) is 21.0.